The van der Waals surface area contributed by atoms with Crippen molar-refractivity contribution in [2.75, 3.05) is 13.6 Å². The van der Waals surface area contributed by atoms with E-state index in [1.807, 2.05) is 41.2 Å². The summed E-state index contributed by atoms with van der Waals surface area (Å²) in [5.74, 6) is -0.0572. The van der Waals surface area contributed by atoms with Crippen molar-refractivity contribution in [3.05, 3.63) is 53.9 Å². The van der Waals surface area contributed by atoms with Crippen LogP contribution in [-0.4, -0.2) is 29.3 Å². The van der Waals surface area contributed by atoms with Gasteiger partial charge in [-0.1, -0.05) is 12.1 Å². The molecular formula is C14H18N4O. The fraction of sp³-hybridized carbons (Fsp3) is 0.286. The molecule has 2 aromatic rings. The van der Waals surface area contributed by atoms with Gasteiger partial charge in [-0.2, -0.15) is 5.10 Å². The smallest absolute Gasteiger partial charge is 0.251 e. The second-order valence-corrected chi connectivity index (χ2v) is 4.22. The number of carbonyl (C=O) groups is 1. The molecule has 0 unspecified atom stereocenters. The van der Waals surface area contributed by atoms with Crippen LogP contribution in [0.15, 0.2) is 42.7 Å². The minimum atomic E-state index is -0.0572. The van der Waals surface area contributed by atoms with Crippen LogP contribution < -0.4 is 10.6 Å². The first-order valence-electron chi connectivity index (χ1n) is 6.29. The number of carbonyl (C=O) groups excluding carboxylic acids is 1. The fourth-order valence-corrected chi connectivity index (χ4v) is 1.78. The molecule has 0 saturated heterocycles. The molecule has 5 heteroatoms. The van der Waals surface area contributed by atoms with Crippen molar-refractivity contribution in [3.8, 4) is 0 Å². The van der Waals surface area contributed by atoms with E-state index in [9.17, 15) is 4.79 Å². The second-order valence-electron chi connectivity index (χ2n) is 4.22. The van der Waals surface area contributed by atoms with Crippen LogP contribution in [0.5, 0.6) is 0 Å². The summed E-state index contributed by atoms with van der Waals surface area (Å²) in [6.07, 6.45) is 3.72. The van der Waals surface area contributed by atoms with Crippen molar-refractivity contribution in [1.82, 2.24) is 20.4 Å². The van der Waals surface area contributed by atoms with Crippen LogP contribution in [0.25, 0.3) is 0 Å². The van der Waals surface area contributed by atoms with Gasteiger partial charge >= 0.3 is 0 Å². The van der Waals surface area contributed by atoms with Crippen LogP contribution in [0.3, 0.4) is 0 Å². The average molecular weight is 258 g/mol. The maximum atomic E-state index is 11.4. The first-order chi connectivity index (χ1) is 9.29. The summed E-state index contributed by atoms with van der Waals surface area (Å²) in [6, 6.07) is 9.52. The first kappa shape index (κ1) is 13.3. The Labute approximate surface area is 112 Å². The molecule has 2 rings (SSSR count). The molecule has 5 nitrogen and oxygen atoms in total. The number of hydrogen-bond acceptors (Lipinski definition) is 3. The van der Waals surface area contributed by atoms with Gasteiger partial charge in [-0.05, 0) is 23.8 Å². The van der Waals surface area contributed by atoms with E-state index in [0.29, 0.717) is 5.56 Å². The van der Waals surface area contributed by atoms with E-state index in [1.54, 1.807) is 13.2 Å². The summed E-state index contributed by atoms with van der Waals surface area (Å²) in [4.78, 5) is 11.4. The molecule has 1 aromatic carbocycles. The average Bonchev–Trinajstić information content (AvgIpc) is 2.96. The van der Waals surface area contributed by atoms with E-state index in [1.165, 1.54) is 0 Å². The van der Waals surface area contributed by atoms with Gasteiger partial charge in [-0.25, -0.2) is 0 Å². The van der Waals surface area contributed by atoms with Crippen molar-refractivity contribution in [1.29, 1.82) is 0 Å². The van der Waals surface area contributed by atoms with Gasteiger partial charge in [0.05, 0.1) is 6.54 Å². The molecule has 1 aromatic heterocycles. The summed E-state index contributed by atoms with van der Waals surface area (Å²) in [5.41, 5.74) is 1.84. The molecule has 100 valence electrons. The SMILES string of the molecule is CNC(=O)c1ccc(CNCCn2cccn2)cc1. The van der Waals surface area contributed by atoms with Crippen molar-refractivity contribution >= 4 is 5.91 Å². The number of nitrogens with one attached hydrogen (secondary N) is 2. The number of rotatable bonds is 6. The summed E-state index contributed by atoms with van der Waals surface area (Å²) in [6.45, 7) is 2.50. The number of hydrogen-bond donors (Lipinski definition) is 2. The predicted octanol–water partition coefficient (Wildman–Crippen LogP) is 1.03. The highest BCUT2D eigenvalue weighted by Gasteiger charge is 2.01. The largest absolute Gasteiger partial charge is 0.355 e. The standard InChI is InChI=1S/C14H18N4O/c1-15-14(19)13-5-3-12(4-6-13)11-16-8-10-18-9-2-7-17-18/h2-7,9,16H,8,10-11H2,1H3,(H,15,19). The molecule has 0 atom stereocenters. The van der Waals surface area contributed by atoms with Crippen molar-refractivity contribution in [3.63, 3.8) is 0 Å². The molecule has 19 heavy (non-hydrogen) atoms. The Bertz CT molecular complexity index is 505. The predicted molar refractivity (Wildman–Crippen MR) is 73.8 cm³/mol. The Morgan fingerprint density at radius 3 is 2.74 bits per heavy atom. The van der Waals surface area contributed by atoms with E-state index >= 15 is 0 Å². The van der Waals surface area contributed by atoms with Gasteiger partial charge in [-0.3, -0.25) is 9.48 Å². The molecule has 0 fully saturated rings. The zero-order chi connectivity index (χ0) is 13.5. The summed E-state index contributed by atoms with van der Waals surface area (Å²) in [7, 11) is 1.63. The van der Waals surface area contributed by atoms with Gasteiger partial charge in [0.2, 0.25) is 0 Å². The molecular weight excluding hydrogens is 240 g/mol. The Hall–Kier alpha value is -2.14. The van der Waals surface area contributed by atoms with Gasteiger partial charge in [0, 0.05) is 38.1 Å². The first-order valence-corrected chi connectivity index (χ1v) is 6.29. The fourth-order valence-electron chi connectivity index (χ4n) is 1.78. The summed E-state index contributed by atoms with van der Waals surface area (Å²) in [5, 5.41) is 10.1. The Kier molecular flexibility index (Phi) is 4.69. The summed E-state index contributed by atoms with van der Waals surface area (Å²) < 4.78 is 1.89. The molecule has 0 aliphatic heterocycles. The zero-order valence-corrected chi connectivity index (χ0v) is 11.0. The molecule has 1 amide bonds. The van der Waals surface area contributed by atoms with Crippen LogP contribution >= 0.6 is 0 Å². The Morgan fingerprint density at radius 1 is 1.32 bits per heavy atom. The lowest BCUT2D eigenvalue weighted by atomic mass is 10.1. The third kappa shape index (κ3) is 3.93. The minimum Gasteiger partial charge on any atom is -0.355 e. The van der Waals surface area contributed by atoms with Crippen LogP contribution in [0.2, 0.25) is 0 Å². The number of nitrogens with zero attached hydrogens (tertiary/aromatic N) is 2. The van der Waals surface area contributed by atoms with E-state index in [4.69, 9.17) is 0 Å². The third-order valence-electron chi connectivity index (χ3n) is 2.85. The van der Waals surface area contributed by atoms with Gasteiger partial charge in [0.15, 0.2) is 0 Å². The second kappa shape index (κ2) is 6.70. The lowest BCUT2D eigenvalue weighted by Gasteiger charge is -2.06. The molecule has 0 bridgehead atoms. The third-order valence-corrected chi connectivity index (χ3v) is 2.85. The number of aromatic nitrogens is 2. The highest BCUT2D eigenvalue weighted by atomic mass is 16.1. The van der Waals surface area contributed by atoms with Gasteiger partial charge < -0.3 is 10.6 Å². The minimum absolute atomic E-state index is 0.0572. The van der Waals surface area contributed by atoms with Crippen LogP contribution in [0, 0.1) is 0 Å². The highest BCUT2D eigenvalue weighted by Crippen LogP contribution is 2.04. The molecule has 0 saturated carbocycles. The van der Waals surface area contributed by atoms with Gasteiger partial charge in [-0.15, -0.1) is 0 Å². The van der Waals surface area contributed by atoms with Crippen molar-refractivity contribution in [2.45, 2.75) is 13.1 Å². The number of amides is 1. The lowest BCUT2D eigenvalue weighted by molar-refractivity contribution is 0.0963. The quantitative estimate of drug-likeness (QED) is 0.761. The highest BCUT2D eigenvalue weighted by molar-refractivity contribution is 5.93. The van der Waals surface area contributed by atoms with Crippen LogP contribution in [-0.2, 0) is 13.1 Å². The topological polar surface area (TPSA) is 59.0 Å². The van der Waals surface area contributed by atoms with Gasteiger partial charge in [0.1, 0.15) is 0 Å². The van der Waals surface area contributed by atoms with Crippen LogP contribution in [0.1, 0.15) is 15.9 Å². The van der Waals surface area contributed by atoms with E-state index in [2.05, 4.69) is 15.7 Å². The molecule has 0 aliphatic carbocycles. The molecule has 0 radical (unpaired) electrons. The van der Waals surface area contributed by atoms with Gasteiger partial charge in [0.25, 0.3) is 5.91 Å². The van der Waals surface area contributed by atoms with E-state index in [0.717, 1.165) is 25.2 Å². The van der Waals surface area contributed by atoms with Crippen molar-refractivity contribution < 1.29 is 4.79 Å². The Morgan fingerprint density at radius 2 is 2.11 bits per heavy atom. The lowest BCUT2D eigenvalue weighted by Crippen LogP contribution is -2.20. The zero-order valence-electron chi connectivity index (χ0n) is 11.0. The Balaban J connectivity index is 1.75. The molecule has 0 aliphatic rings. The normalized spacial score (nSPS) is 10.4. The molecule has 0 spiro atoms. The van der Waals surface area contributed by atoms with Crippen molar-refractivity contribution in [2.24, 2.45) is 0 Å². The van der Waals surface area contributed by atoms with E-state index in [-0.39, 0.29) is 5.91 Å². The van der Waals surface area contributed by atoms with Crippen LogP contribution in [0.4, 0.5) is 0 Å². The monoisotopic (exact) mass is 258 g/mol. The van der Waals surface area contributed by atoms with E-state index < -0.39 is 0 Å². The maximum absolute atomic E-state index is 11.4. The summed E-state index contributed by atoms with van der Waals surface area (Å²) >= 11 is 0. The molecule has 1 heterocycles. The number of benzene rings is 1. The molecule has 2 N–H and O–H groups in total. The maximum Gasteiger partial charge on any atom is 0.251 e.